The van der Waals surface area contributed by atoms with Gasteiger partial charge in [0, 0.05) is 38.0 Å². The Morgan fingerprint density at radius 3 is 2.27 bits per heavy atom. The van der Waals surface area contributed by atoms with Gasteiger partial charge < -0.3 is 14.8 Å². The van der Waals surface area contributed by atoms with E-state index in [2.05, 4.69) is 5.32 Å². The van der Waals surface area contributed by atoms with Crippen molar-refractivity contribution in [1.29, 1.82) is 0 Å². The third-order valence-electron chi connectivity index (χ3n) is 4.72. The van der Waals surface area contributed by atoms with Gasteiger partial charge >= 0.3 is 0 Å². The first-order valence-corrected chi connectivity index (χ1v) is 10.4. The highest BCUT2D eigenvalue weighted by molar-refractivity contribution is 7.89. The van der Waals surface area contributed by atoms with E-state index in [-0.39, 0.29) is 10.8 Å². The normalized spacial score (nSPS) is 20.6. The van der Waals surface area contributed by atoms with Crippen LogP contribution in [0.2, 0.25) is 0 Å². The molecular formula is C18H26N2O5S. The Morgan fingerprint density at radius 1 is 1.15 bits per heavy atom. The fourth-order valence-corrected chi connectivity index (χ4v) is 4.62. The molecule has 2 fully saturated rings. The molecule has 0 bridgehead atoms. The summed E-state index contributed by atoms with van der Waals surface area (Å²) in [5.74, 6) is -0.448. The molecule has 0 saturated carbocycles. The van der Waals surface area contributed by atoms with Crippen molar-refractivity contribution >= 4 is 15.9 Å². The van der Waals surface area contributed by atoms with E-state index in [1.54, 1.807) is 12.1 Å². The second kappa shape index (κ2) is 7.64. The molecule has 2 heterocycles. The molecular weight excluding hydrogens is 356 g/mol. The van der Waals surface area contributed by atoms with Crippen molar-refractivity contribution in [2.45, 2.75) is 37.4 Å². The van der Waals surface area contributed by atoms with Crippen LogP contribution in [-0.4, -0.2) is 57.3 Å². The summed E-state index contributed by atoms with van der Waals surface area (Å²) in [6.07, 6.45) is 1.06. The number of hydrogen-bond acceptors (Lipinski definition) is 5. The highest BCUT2D eigenvalue weighted by atomic mass is 32.2. The van der Waals surface area contributed by atoms with Gasteiger partial charge in [-0.15, -0.1) is 0 Å². The zero-order valence-electron chi connectivity index (χ0n) is 15.2. The van der Waals surface area contributed by atoms with Crippen LogP contribution >= 0.6 is 0 Å². The van der Waals surface area contributed by atoms with Gasteiger partial charge in [0.1, 0.15) is 0 Å². The highest BCUT2D eigenvalue weighted by Gasteiger charge is 2.42. The molecule has 8 heteroatoms. The molecule has 144 valence electrons. The first-order chi connectivity index (χ1) is 12.3. The smallest absolute Gasteiger partial charge is 0.251 e. The van der Waals surface area contributed by atoms with Gasteiger partial charge in [-0.25, -0.2) is 8.42 Å². The van der Waals surface area contributed by atoms with Crippen molar-refractivity contribution in [1.82, 2.24) is 9.62 Å². The first kappa shape index (κ1) is 19.3. The van der Waals surface area contributed by atoms with E-state index < -0.39 is 15.8 Å². The molecule has 0 aliphatic carbocycles. The van der Waals surface area contributed by atoms with E-state index in [0.717, 1.165) is 0 Å². The van der Waals surface area contributed by atoms with Crippen LogP contribution in [0.3, 0.4) is 0 Å². The Labute approximate surface area is 154 Å². The highest BCUT2D eigenvalue weighted by Crippen LogP contribution is 2.33. The number of benzene rings is 1. The maximum absolute atomic E-state index is 12.8. The van der Waals surface area contributed by atoms with E-state index >= 15 is 0 Å². The molecule has 2 aliphatic rings. The summed E-state index contributed by atoms with van der Waals surface area (Å²) in [5, 5.41) is 2.82. The Balaban J connectivity index is 1.65. The molecule has 0 unspecified atom stereocenters. The maximum Gasteiger partial charge on any atom is 0.251 e. The van der Waals surface area contributed by atoms with Crippen molar-refractivity contribution in [3.63, 3.8) is 0 Å². The second-order valence-corrected chi connectivity index (χ2v) is 9.08. The molecule has 2 saturated heterocycles. The Morgan fingerprint density at radius 2 is 1.73 bits per heavy atom. The summed E-state index contributed by atoms with van der Waals surface area (Å²) in [7, 11) is -3.59. The number of hydrogen-bond donors (Lipinski definition) is 1. The summed E-state index contributed by atoms with van der Waals surface area (Å²) in [5.41, 5.74) is 0.454. The Hall–Kier alpha value is -1.48. The lowest BCUT2D eigenvalue weighted by Crippen LogP contribution is -2.47. The van der Waals surface area contributed by atoms with Crippen LogP contribution in [0.5, 0.6) is 0 Å². The van der Waals surface area contributed by atoms with Gasteiger partial charge in [-0.05, 0) is 30.2 Å². The number of piperidine rings is 1. The van der Waals surface area contributed by atoms with Crippen LogP contribution in [0.4, 0.5) is 0 Å². The summed E-state index contributed by atoms with van der Waals surface area (Å²) in [6, 6.07) is 6.09. The minimum atomic E-state index is -3.59. The molecule has 1 aromatic rings. The summed E-state index contributed by atoms with van der Waals surface area (Å²) < 4.78 is 38.4. The lowest BCUT2D eigenvalue weighted by Gasteiger charge is -2.36. The van der Waals surface area contributed by atoms with Crippen molar-refractivity contribution in [3.05, 3.63) is 29.8 Å². The number of nitrogens with one attached hydrogen (secondary N) is 1. The largest absolute Gasteiger partial charge is 0.352 e. The van der Waals surface area contributed by atoms with Gasteiger partial charge in [0.2, 0.25) is 10.0 Å². The van der Waals surface area contributed by atoms with Gasteiger partial charge in [-0.3, -0.25) is 4.79 Å². The number of ether oxygens (including phenoxy) is 2. The predicted octanol–water partition coefficient (Wildman–Crippen LogP) is 1.60. The van der Waals surface area contributed by atoms with Crippen LogP contribution in [-0.2, 0) is 19.5 Å². The molecule has 26 heavy (non-hydrogen) atoms. The standard InChI is InChI=1S/C18H26N2O5S/c1-14(2)13-19-17(21)15-3-5-16(6-4-15)26(22,23)20-9-7-18(8-10-20)24-11-12-25-18/h3-6,14H,7-13H2,1-2H3,(H,19,21). The summed E-state index contributed by atoms with van der Waals surface area (Å²) >= 11 is 0. The molecule has 1 spiro atoms. The van der Waals surface area contributed by atoms with Gasteiger partial charge in [-0.2, -0.15) is 4.31 Å². The molecule has 0 atom stereocenters. The average Bonchev–Trinajstić information content (AvgIpc) is 3.08. The van der Waals surface area contributed by atoms with Crippen LogP contribution in [0.1, 0.15) is 37.0 Å². The SMILES string of the molecule is CC(C)CNC(=O)c1ccc(S(=O)(=O)N2CCC3(CC2)OCCO3)cc1. The monoisotopic (exact) mass is 382 g/mol. The summed E-state index contributed by atoms with van der Waals surface area (Å²) in [6.45, 7) is 6.46. The second-order valence-electron chi connectivity index (χ2n) is 7.14. The van der Waals surface area contributed by atoms with E-state index in [1.807, 2.05) is 13.8 Å². The number of rotatable bonds is 5. The van der Waals surface area contributed by atoms with E-state index in [1.165, 1.54) is 16.4 Å². The van der Waals surface area contributed by atoms with Gasteiger partial charge in [-0.1, -0.05) is 13.8 Å². The molecule has 2 aliphatic heterocycles. The fourth-order valence-electron chi connectivity index (χ4n) is 3.18. The van der Waals surface area contributed by atoms with E-state index in [0.29, 0.717) is 57.2 Å². The van der Waals surface area contributed by atoms with Gasteiger partial charge in [0.25, 0.3) is 5.91 Å². The number of nitrogens with zero attached hydrogens (tertiary/aromatic N) is 1. The van der Waals surface area contributed by atoms with E-state index in [4.69, 9.17) is 9.47 Å². The lowest BCUT2D eigenvalue weighted by molar-refractivity contribution is -0.179. The van der Waals surface area contributed by atoms with Crippen molar-refractivity contribution in [2.75, 3.05) is 32.8 Å². The van der Waals surface area contributed by atoms with Crippen LogP contribution < -0.4 is 5.32 Å². The maximum atomic E-state index is 12.8. The van der Waals surface area contributed by atoms with Crippen LogP contribution in [0, 0.1) is 5.92 Å². The lowest BCUT2D eigenvalue weighted by atomic mass is 10.1. The number of carbonyl (C=O) groups excluding carboxylic acids is 1. The van der Waals surface area contributed by atoms with Crippen molar-refractivity contribution in [3.8, 4) is 0 Å². The minimum Gasteiger partial charge on any atom is -0.352 e. The molecule has 1 aromatic carbocycles. The molecule has 1 amide bonds. The summed E-state index contributed by atoms with van der Waals surface area (Å²) in [4.78, 5) is 12.3. The Bertz CT molecular complexity index is 729. The molecule has 7 nitrogen and oxygen atoms in total. The molecule has 0 radical (unpaired) electrons. The molecule has 3 rings (SSSR count). The topological polar surface area (TPSA) is 84.9 Å². The van der Waals surface area contributed by atoms with Gasteiger partial charge in [0.15, 0.2) is 5.79 Å². The minimum absolute atomic E-state index is 0.196. The zero-order chi connectivity index (χ0) is 18.8. The fraction of sp³-hybridized carbons (Fsp3) is 0.611. The van der Waals surface area contributed by atoms with Crippen molar-refractivity contribution < 1.29 is 22.7 Å². The molecule has 1 N–H and O–H groups in total. The van der Waals surface area contributed by atoms with Crippen LogP contribution in [0.15, 0.2) is 29.2 Å². The first-order valence-electron chi connectivity index (χ1n) is 8.99. The van der Waals surface area contributed by atoms with Crippen molar-refractivity contribution in [2.24, 2.45) is 5.92 Å². The molecule has 0 aromatic heterocycles. The quantitative estimate of drug-likeness (QED) is 0.836. The zero-order valence-corrected chi connectivity index (χ0v) is 16.0. The number of sulfonamides is 1. The average molecular weight is 382 g/mol. The Kier molecular flexibility index (Phi) is 5.67. The predicted molar refractivity (Wildman–Crippen MR) is 96.2 cm³/mol. The number of carbonyl (C=O) groups is 1. The number of amides is 1. The van der Waals surface area contributed by atoms with Gasteiger partial charge in [0.05, 0.1) is 18.1 Å². The van der Waals surface area contributed by atoms with E-state index in [9.17, 15) is 13.2 Å². The third kappa shape index (κ3) is 4.09. The van der Waals surface area contributed by atoms with Crippen LogP contribution in [0.25, 0.3) is 0 Å². The third-order valence-corrected chi connectivity index (χ3v) is 6.64.